The monoisotopic (exact) mass is 797 g/mol. The molecule has 3 fully saturated rings. The predicted octanol–water partition coefficient (Wildman–Crippen LogP) is 1.78. The second-order valence-electron chi connectivity index (χ2n) is 16.5. The molecule has 3 aliphatic rings. The van der Waals surface area contributed by atoms with E-state index < -0.39 is 108 Å². The fraction of sp³-hybridized carbons (Fsp3) is 0.946. The van der Waals surface area contributed by atoms with Crippen LogP contribution in [0.25, 0.3) is 0 Å². The Bertz CT molecular complexity index is 1170. The van der Waals surface area contributed by atoms with E-state index in [1.165, 1.54) is 27.9 Å². The van der Waals surface area contributed by atoms with Gasteiger partial charge >= 0.3 is 5.97 Å². The van der Waals surface area contributed by atoms with Gasteiger partial charge in [-0.25, -0.2) is 0 Å². The molecule has 0 spiro atoms. The third kappa shape index (κ3) is 10.2. The molecule has 52 heavy (non-hydrogen) atoms. The molecule has 0 bridgehead atoms. The van der Waals surface area contributed by atoms with E-state index in [9.17, 15) is 35.1 Å². The third-order valence-electron chi connectivity index (χ3n) is 11.8. The summed E-state index contributed by atoms with van der Waals surface area (Å²) in [6, 6.07) is -0.324. The molecule has 0 aromatic rings. The number of nitrogens with zero attached hydrogens (tertiary/aromatic N) is 1. The van der Waals surface area contributed by atoms with E-state index in [-0.39, 0.29) is 50.9 Å². The minimum absolute atomic E-state index is 0. The van der Waals surface area contributed by atoms with Gasteiger partial charge in [0.1, 0.15) is 29.7 Å². The molecule has 18 atom stereocenters. The maximum Gasteiger partial charge on any atom is 0.311 e. The summed E-state index contributed by atoms with van der Waals surface area (Å²) in [7, 11) is 5.18. The number of Topliss-reactive ketones (excluding diaryl/α,β-unsaturated/α-hetero) is 1. The molecule has 14 nitrogen and oxygen atoms in total. The molecule has 0 aliphatic carbocycles. The van der Waals surface area contributed by atoms with Crippen LogP contribution in [0, 0.1) is 23.7 Å². The van der Waals surface area contributed by atoms with E-state index in [4.69, 9.17) is 28.4 Å². The molecule has 5 N–H and O–H groups in total. The van der Waals surface area contributed by atoms with Crippen LogP contribution in [0.1, 0.15) is 94.9 Å². The summed E-state index contributed by atoms with van der Waals surface area (Å²) < 4.78 is 37.1. The molecule has 300 valence electrons. The Hall–Kier alpha value is -0.677. The molecule has 3 heterocycles. The average Bonchev–Trinajstić information content (AvgIpc) is 3.05. The number of likely N-dealkylation sites (N-methyl/N-ethyl adjacent to an activating group) is 1. The number of cyclic esters (lactones) is 1. The summed E-state index contributed by atoms with van der Waals surface area (Å²) in [6.45, 7) is 16.3. The molecule has 3 saturated heterocycles. The Labute approximate surface area is 322 Å². The van der Waals surface area contributed by atoms with E-state index in [0.717, 1.165) is 0 Å². The van der Waals surface area contributed by atoms with Gasteiger partial charge in [-0.1, -0.05) is 27.7 Å². The van der Waals surface area contributed by atoms with Crippen molar-refractivity contribution in [3.05, 3.63) is 0 Å². The van der Waals surface area contributed by atoms with Crippen LogP contribution in [0.3, 0.4) is 0 Å². The number of aliphatic hydroxyl groups is 5. The van der Waals surface area contributed by atoms with Crippen molar-refractivity contribution in [1.29, 1.82) is 0 Å². The van der Waals surface area contributed by atoms with Crippen LogP contribution in [0.5, 0.6) is 0 Å². The molecule has 15 heteroatoms. The van der Waals surface area contributed by atoms with Crippen LogP contribution >= 0.6 is 0 Å². The summed E-state index contributed by atoms with van der Waals surface area (Å²) in [5, 5.41) is 57.6. The maximum atomic E-state index is 14.1. The molecule has 0 aromatic carbocycles. The number of hydrogen-bond donors (Lipinski definition) is 5. The van der Waals surface area contributed by atoms with E-state index >= 15 is 0 Å². The third-order valence-corrected chi connectivity index (χ3v) is 11.8. The van der Waals surface area contributed by atoms with Crippen molar-refractivity contribution in [2.75, 3.05) is 21.2 Å². The molecule has 0 saturated carbocycles. The smallest absolute Gasteiger partial charge is 0.311 e. The van der Waals surface area contributed by atoms with Crippen molar-refractivity contribution in [2.24, 2.45) is 23.7 Å². The second-order valence-corrected chi connectivity index (χ2v) is 16.5. The first-order chi connectivity index (χ1) is 23.4. The quantitative estimate of drug-likeness (QED) is 0.185. The van der Waals surface area contributed by atoms with E-state index in [1.807, 2.05) is 25.9 Å². The number of esters is 1. The van der Waals surface area contributed by atoms with Gasteiger partial charge in [0.2, 0.25) is 0 Å². The van der Waals surface area contributed by atoms with Crippen molar-refractivity contribution in [3.63, 3.8) is 0 Å². The Kier molecular flexibility index (Phi) is 16.9. The molecular weight excluding hydrogens is 732 g/mol. The molecule has 0 radical (unpaired) electrons. The second kappa shape index (κ2) is 18.5. The van der Waals surface area contributed by atoms with Crippen molar-refractivity contribution in [2.45, 2.75) is 179 Å². The predicted molar refractivity (Wildman–Crippen MR) is 186 cm³/mol. The van der Waals surface area contributed by atoms with Crippen LogP contribution < -0.4 is 0 Å². The topological polar surface area (TPSA) is 194 Å². The SMILES string of the molecule is CC[C@H]1OC(=O)[C@H](C)[C@@H](O[C@H]2C[C@@](C)(OC)[C@@H](O)[C@H](C)O2)[C@H](C)[C@@H](O[C@@H]2O[C@H](C)C[C@H](N(C)C)[C@H]2O)[C@](C)(O)C[C@@H](C)C(=O)[C@H](C)[C@@H](O)[C@]1(C)O.[Zn]. The van der Waals surface area contributed by atoms with Gasteiger partial charge in [-0.3, -0.25) is 9.59 Å². The average molecular weight is 799 g/mol. The summed E-state index contributed by atoms with van der Waals surface area (Å²) in [6.07, 6.45) is -9.71. The van der Waals surface area contributed by atoms with Crippen LogP contribution in [-0.4, -0.2) is 148 Å². The van der Waals surface area contributed by atoms with Gasteiger partial charge in [0.25, 0.3) is 0 Å². The first kappa shape index (κ1) is 47.5. The first-order valence-electron chi connectivity index (χ1n) is 18.5. The van der Waals surface area contributed by atoms with Gasteiger partial charge < -0.3 is 58.9 Å². The molecule has 0 amide bonds. The number of rotatable bonds is 7. The maximum absolute atomic E-state index is 14.1. The number of ether oxygens (including phenoxy) is 6. The molecule has 0 aromatic heterocycles. The molecule has 0 unspecified atom stereocenters. The van der Waals surface area contributed by atoms with Crippen molar-refractivity contribution in [3.8, 4) is 0 Å². The number of aliphatic hydroxyl groups excluding tert-OH is 3. The van der Waals surface area contributed by atoms with Crippen molar-refractivity contribution < 1.29 is 83.0 Å². The van der Waals surface area contributed by atoms with Crippen molar-refractivity contribution >= 4 is 11.8 Å². The Balaban J connectivity index is 0.00000936. The minimum Gasteiger partial charge on any atom is -0.459 e. The standard InChI is InChI=1S/C37H67NO13.Zn/c1-14-25-37(10,45)30(41)20(4)27(39)18(2)16-35(8,44)32(51-34-28(40)24(38(11)12)15-19(3)47-34)21(5)29(22(6)33(43)49-25)50-26-17-36(9,46-13)31(42)23(7)48-26;/h18-26,28-32,34,40-42,44-45H,14-17H2,1-13H3;/t18-,19-,20+,21+,22-,23+,24+,25-,26+,28-,29+,30-,31+,32-,34+,35-,36-,37-;/m1./s1. The number of methoxy groups -OCH3 is 1. The summed E-state index contributed by atoms with van der Waals surface area (Å²) >= 11 is 0. The fourth-order valence-electron chi connectivity index (χ4n) is 8.41. The van der Waals surface area contributed by atoms with E-state index in [1.54, 1.807) is 41.5 Å². The van der Waals surface area contributed by atoms with Gasteiger partial charge in [-0.2, -0.15) is 0 Å². The first-order valence-corrected chi connectivity index (χ1v) is 18.5. The van der Waals surface area contributed by atoms with Crippen molar-refractivity contribution in [1.82, 2.24) is 4.90 Å². The van der Waals surface area contributed by atoms with Gasteiger partial charge in [-0.05, 0) is 74.9 Å². The normalized spacial score (nSPS) is 48.8. The van der Waals surface area contributed by atoms with Gasteiger partial charge in [0.15, 0.2) is 12.6 Å². The Morgan fingerprint density at radius 3 is 2.02 bits per heavy atom. The van der Waals surface area contributed by atoms with E-state index in [0.29, 0.717) is 6.42 Å². The Morgan fingerprint density at radius 1 is 0.885 bits per heavy atom. The fourth-order valence-corrected chi connectivity index (χ4v) is 8.41. The number of carbonyl (C=O) groups is 2. The number of carbonyl (C=O) groups excluding carboxylic acids is 2. The van der Waals surface area contributed by atoms with Gasteiger partial charge in [0, 0.05) is 56.8 Å². The minimum atomic E-state index is -1.99. The number of hydrogen-bond acceptors (Lipinski definition) is 14. The zero-order chi connectivity index (χ0) is 39.0. The summed E-state index contributed by atoms with van der Waals surface area (Å²) in [5.41, 5.74) is -4.84. The summed E-state index contributed by atoms with van der Waals surface area (Å²) in [5.74, 6) is -4.98. The van der Waals surface area contributed by atoms with Gasteiger partial charge in [-0.15, -0.1) is 0 Å². The molecule has 3 rings (SSSR count). The molecular formula is C37H67NO13Zn. The van der Waals surface area contributed by atoms with Crippen LogP contribution in [0.15, 0.2) is 0 Å². The largest absolute Gasteiger partial charge is 0.459 e. The van der Waals surface area contributed by atoms with Crippen LogP contribution in [0.2, 0.25) is 0 Å². The zero-order valence-corrected chi connectivity index (χ0v) is 36.6. The van der Waals surface area contributed by atoms with Gasteiger partial charge in [0.05, 0.1) is 47.6 Å². The van der Waals surface area contributed by atoms with E-state index in [2.05, 4.69) is 0 Å². The van der Waals surface area contributed by atoms with Crippen LogP contribution in [0.4, 0.5) is 0 Å². The summed E-state index contributed by atoms with van der Waals surface area (Å²) in [4.78, 5) is 29.8. The number of ketones is 1. The Morgan fingerprint density at radius 2 is 1.48 bits per heavy atom. The zero-order valence-electron chi connectivity index (χ0n) is 33.6. The van der Waals surface area contributed by atoms with Crippen LogP contribution in [-0.2, 0) is 57.5 Å². The molecule has 3 aliphatic heterocycles.